The summed E-state index contributed by atoms with van der Waals surface area (Å²) in [5, 5.41) is 8.81. The molecule has 1 heterocycles. The SMILES string of the molecule is Cc1ccc([C@@H](NC(=O)c2n[nH]c(=O)[nH]2)c2ccccc2)cc1C. The zero-order valence-electron chi connectivity index (χ0n) is 13.5. The number of nitrogens with one attached hydrogen (secondary N) is 3. The smallest absolute Gasteiger partial charge is 0.338 e. The number of hydrogen-bond donors (Lipinski definition) is 3. The maximum Gasteiger partial charge on any atom is 0.341 e. The fraction of sp³-hybridized carbons (Fsp3) is 0.167. The van der Waals surface area contributed by atoms with Crippen molar-refractivity contribution in [2.75, 3.05) is 0 Å². The largest absolute Gasteiger partial charge is 0.341 e. The molecule has 0 radical (unpaired) electrons. The normalized spacial score (nSPS) is 11.9. The molecule has 0 saturated heterocycles. The molecular weight excluding hydrogens is 304 g/mol. The Bertz CT molecular complexity index is 912. The van der Waals surface area contributed by atoms with Crippen molar-refractivity contribution < 1.29 is 4.79 Å². The highest BCUT2D eigenvalue weighted by Gasteiger charge is 2.20. The first-order chi connectivity index (χ1) is 11.5. The summed E-state index contributed by atoms with van der Waals surface area (Å²) in [6.45, 7) is 4.08. The van der Waals surface area contributed by atoms with E-state index in [4.69, 9.17) is 0 Å². The minimum absolute atomic E-state index is 0.0373. The molecule has 0 bridgehead atoms. The average Bonchev–Trinajstić information content (AvgIpc) is 3.02. The maximum absolute atomic E-state index is 12.4. The molecule has 3 aromatic rings. The van der Waals surface area contributed by atoms with E-state index in [9.17, 15) is 9.59 Å². The van der Waals surface area contributed by atoms with Crippen LogP contribution >= 0.6 is 0 Å². The van der Waals surface area contributed by atoms with Crippen LogP contribution in [0.3, 0.4) is 0 Å². The first-order valence-corrected chi connectivity index (χ1v) is 7.62. The van der Waals surface area contributed by atoms with Crippen LogP contribution in [0.5, 0.6) is 0 Å². The number of hydrogen-bond acceptors (Lipinski definition) is 3. The van der Waals surface area contributed by atoms with Crippen molar-refractivity contribution in [3.8, 4) is 0 Å². The number of H-pyrrole nitrogens is 2. The van der Waals surface area contributed by atoms with Gasteiger partial charge < -0.3 is 5.32 Å². The standard InChI is InChI=1S/C18H18N4O2/c1-11-8-9-14(10-12(11)2)15(13-6-4-3-5-7-13)19-17(23)16-20-18(24)22-21-16/h3-10,15H,1-2H3,(H,19,23)(H2,20,21,22,24)/t15-/m0/s1. The third-order valence-corrected chi connectivity index (χ3v) is 3.99. The van der Waals surface area contributed by atoms with Crippen molar-refractivity contribution in [2.24, 2.45) is 0 Å². The molecule has 0 unspecified atom stereocenters. The van der Waals surface area contributed by atoms with Gasteiger partial charge in [-0.05, 0) is 36.1 Å². The van der Waals surface area contributed by atoms with Crippen molar-refractivity contribution in [3.05, 3.63) is 87.1 Å². The van der Waals surface area contributed by atoms with Crippen molar-refractivity contribution in [2.45, 2.75) is 19.9 Å². The summed E-state index contributed by atoms with van der Waals surface area (Å²) in [7, 11) is 0. The first-order valence-electron chi connectivity index (χ1n) is 7.62. The van der Waals surface area contributed by atoms with Gasteiger partial charge in [0.2, 0.25) is 5.82 Å². The number of aromatic amines is 2. The van der Waals surface area contributed by atoms with Gasteiger partial charge in [0, 0.05) is 0 Å². The van der Waals surface area contributed by atoms with E-state index in [0.29, 0.717) is 0 Å². The van der Waals surface area contributed by atoms with Crippen LogP contribution in [0.25, 0.3) is 0 Å². The summed E-state index contributed by atoms with van der Waals surface area (Å²) in [6.07, 6.45) is 0. The predicted molar refractivity (Wildman–Crippen MR) is 90.9 cm³/mol. The number of amides is 1. The van der Waals surface area contributed by atoms with Crippen LogP contribution in [0.4, 0.5) is 0 Å². The minimum atomic E-state index is -0.511. The van der Waals surface area contributed by atoms with Crippen LogP contribution in [0, 0.1) is 13.8 Å². The Kier molecular flexibility index (Phi) is 4.29. The van der Waals surface area contributed by atoms with Gasteiger partial charge in [-0.1, -0.05) is 48.5 Å². The molecule has 3 N–H and O–H groups in total. The average molecular weight is 322 g/mol. The van der Waals surface area contributed by atoms with Crippen molar-refractivity contribution in [3.63, 3.8) is 0 Å². The Balaban J connectivity index is 1.97. The predicted octanol–water partition coefficient (Wildman–Crippen LogP) is 2.23. The number of nitrogens with zero attached hydrogens (tertiary/aromatic N) is 1. The quantitative estimate of drug-likeness (QED) is 0.688. The monoisotopic (exact) mass is 322 g/mol. The lowest BCUT2D eigenvalue weighted by molar-refractivity contribution is 0.0933. The van der Waals surface area contributed by atoms with Crippen LogP contribution in [0.1, 0.15) is 38.9 Å². The molecule has 122 valence electrons. The molecular formula is C18H18N4O2. The number of rotatable bonds is 4. The summed E-state index contributed by atoms with van der Waals surface area (Å²) < 4.78 is 0. The third kappa shape index (κ3) is 3.27. The van der Waals surface area contributed by atoms with E-state index < -0.39 is 11.6 Å². The lowest BCUT2D eigenvalue weighted by Gasteiger charge is -2.20. The summed E-state index contributed by atoms with van der Waals surface area (Å²) in [5.41, 5.74) is 3.74. The second-order valence-electron chi connectivity index (χ2n) is 5.69. The van der Waals surface area contributed by atoms with Crippen LogP contribution < -0.4 is 11.0 Å². The van der Waals surface area contributed by atoms with Gasteiger partial charge >= 0.3 is 5.69 Å². The topological polar surface area (TPSA) is 90.6 Å². The molecule has 24 heavy (non-hydrogen) atoms. The number of carbonyl (C=O) groups excluding carboxylic acids is 1. The minimum Gasteiger partial charge on any atom is -0.338 e. The van der Waals surface area contributed by atoms with Crippen molar-refractivity contribution in [1.29, 1.82) is 0 Å². The second-order valence-corrected chi connectivity index (χ2v) is 5.69. The van der Waals surface area contributed by atoms with Crippen LogP contribution in [0.15, 0.2) is 53.3 Å². The molecule has 0 fully saturated rings. The molecule has 1 amide bonds. The zero-order valence-corrected chi connectivity index (χ0v) is 13.5. The summed E-state index contributed by atoms with van der Waals surface area (Å²) >= 11 is 0. The van der Waals surface area contributed by atoms with Gasteiger partial charge in [0.15, 0.2) is 0 Å². The molecule has 0 spiro atoms. The van der Waals surface area contributed by atoms with E-state index in [1.807, 2.05) is 56.3 Å². The van der Waals surface area contributed by atoms with E-state index in [2.05, 4.69) is 26.6 Å². The Morgan fingerprint density at radius 1 is 1.04 bits per heavy atom. The molecule has 0 saturated carbocycles. The van der Waals surface area contributed by atoms with Crippen LogP contribution in [-0.4, -0.2) is 21.1 Å². The van der Waals surface area contributed by atoms with Gasteiger partial charge in [-0.3, -0.25) is 9.78 Å². The lowest BCUT2D eigenvalue weighted by Crippen LogP contribution is -2.30. The van der Waals surface area contributed by atoms with E-state index >= 15 is 0 Å². The van der Waals surface area contributed by atoms with Gasteiger partial charge in [-0.15, -0.1) is 5.10 Å². The van der Waals surface area contributed by atoms with Gasteiger partial charge in [0.05, 0.1) is 6.04 Å². The van der Waals surface area contributed by atoms with Crippen molar-refractivity contribution in [1.82, 2.24) is 20.5 Å². The number of aryl methyl sites for hydroxylation is 2. The Labute approximate surface area is 138 Å². The van der Waals surface area contributed by atoms with Crippen LogP contribution in [-0.2, 0) is 0 Å². The Hall–Kier alpha value is -3.15. The molecule has 6 nitrogen and oxygen atoms in total. The molecule has 1 aromatic heterocycles. The summed E-state index contributed by atoms with van der Waals surface area (Å²) in [5.74, 6) is -0.481. The molecule has 2 aromatic carbocycles. The van der Waals surface area contributed by atoms with Gasteiger partial charge in [-0.25, -0.2) is 9.89 Å². The molecule has 0 aliphatic heterocycles. The fourth-order valence-electron chi connectivity index (χ4n) is 2.53. The van der Waals surface area contributed by atoms with E-state index in [1.54, 1.807) is 0 Å². The second kappa shape index (κ2) is 6.54. The number of benzene rings is 2. The third-order valence-electron chi connectivity index (χ3n) is 3.99. The Morgan fingerprint density at radius 3 is 2.42 bits per heavy atom. The number of carbonyl (C=O) groups is 1. The number of aromatic nitrogens is 3. The lowest BCUT2D eigenvalue weighted by atomic mass is 9.95. The summed E-state index contributed by atoms with van der Waals surface area (Å²) in [4.78, 5) is 25.9. The Morgan fingerprint density at radius 2 is 1.79 bits per heavy atom. The molecule has 0 aliphatic carbocycles. The van der Waals surface area contributed by atoms with Gasteiger partial charge in [0.1, 0.15) is 0 Å². The maximum atomic E-state index is 12.4. The van der Waals surface area contributed by atoms with E-state index in [-0.39, 0.29) is 11.9 Å². The molecule has 1 atom stereocenters. The zero-order chi connectivity index (χ0) is 17.1. The summed E-state index contributed by atoms with van der Waals surface area (Å²) in [6, 6.07) is 15.4. The first kappa shape index (κ1) is 15.7. The molecule has 6 heteroatoms. The van der Waals surface area contributed by atoms with Gasteiger partial charge in [0.25, 0.3) is 5.91 Å². The highest BCUT2D eigenvalue weighted by molar-refractivity contribution is 5.90. The molecule has 0 aliphatic rings. The van der Waals surface area contributed by atoms with Crippen LogP contribution in [0.2, 0.25) is 0 Å². The fourth-order valence-corrected chi connectivity index (χ4v) is 2.53. The molecule has 3 rings (SSSR count). The van der Waals surface area contributed by atoms with Crippen molar-refractivity contribution >= 4 is 5.91 Å². The highest BCUT2D eigenvalue weighted by atomic mass is 16.2. The highest BCUT2D eigenvalue weighted by Crippen LogP contribution is 2.24. The van der Waals surface area contributed by atoms with E-state index in [0.717, 1.165) is 16.7 Å². The van der Waals surface area contributed by atoms with Gasteiger partial charge in [-0.2, -0.15) is 0 Å². The van der Waals surface area contributed by atoms with E-state index in [1.165, 1.54) is 5.56 Å².